The average molecular weight is 377 g/mol. The van der Waals surface area contributed by atoms with Crippen LogP contribution in [0.2, 0.25) is 0 Å². The number of aromatic nitrogens is 1. The van der Waals surface area contributed by atoms with Crippen molar-refractivity contribution in [3.8, 4) is 11.3 Å². The number of likely N-dealkylation sites (N-methyl/N-ethyl adjacent to an activating group) is 1. The van der Waals surface area contributed by atoms with Crippen LogP contribution in [0.4, 0.5) is 4.39 Å². The number of amides is 1. The van der Waals surface area contributed by atoms with Crippen molar-refractivity contribution in [2.24, 2.45) is 0 Å². The van der Waals surface area contributed by atoms with Crippen molar-refractivity contribution in [1.29, 1.82) is 0 Å². The van der Waals surface area contributed by atoms with Crippen molar-refractivity contribution in [3.63, 3.8) is 0 Å². The van der Waals surface area contributed by atoms with Crippen LogP contribution in [-0.4, -0.2) is 36.4 Å². The van der Waals surface area contributed by atoms with E-state index in [1.807, 2.05) is 68.4 Å². The molecule has 0 bridgehead atoms. The Balaban J connectivity index is 1.73. The van der Waals surface area contributed by atoms with Crippen LogP contribution >= 0.6 is 0 Å². The molecular formula is C23H24FN3O. The van der Waals surface area contributed by atoms with E-state index in [9.17, 15) is 9.18 Å². The van der Waals surface area contributed by atoms with Crippen LogP contribution in [0.25, 0.3) is 11.3 Å². The second-order valence-electron chi connectivity index (χ2n) is 6.94. The van der Waals surface area contributed by atoms with Crippen LogP contribution in [-0.2, 0) is 0 Å². The van der Waals surface area contributed by atoms with Crippen LogP contribution < -0.4 is 5.32 Å². The number of nitrogens with zero attached hydrogens (tertiary/aromatic N) is 2. The van der Waals surface area contributed by atoms with Gasteiger partial charge in [0.25, 0.3) is 5.91 Å². The fourth-order valence-electron chi connectivity index (χ4n) is 3.17. The minimum absolute atomic E-state index is 0.128. The van der Waals surface area contributed by atoms with Gasteiger partial charge in [0, 0.05) is 12.1 Å². The molecule has 3 aromatic rings. The lowest BCUT2D eigenvalue weighted by molar-refractivity contribution is 0.0941. The highest BCUT2D eigenvalue weighted by atomic mass is 19.1. The maximum atomic E-state index is 13.6. The van der Waals surface area contributed by atoms with Gasteiger partial charge in [-0.3, -0.25) is 9.78 Å². The molecule has 144 valence electrons. The first kappa shape index (κ1) is 19.7. The fraction of sp³-hybridized carbons (Fsp3) is 0.217. The van der Waals surface area contributed by atoms with Gasteiger partial charge in [-0.2, -0.15) is 0 Å². The lowest BCUT2D eigenvalue weighted by Crippen LogP contribution is -2.35. The van der Waals surface area contributed by atoms with Crippen LogP contribution in [0, 0.1) is 12.7 Å². The zero-order chi connectivity index (χ0) is 20.1. The molecule has 2 aromatic carbocycles. The summed E-state index contributed by atoms with van der Waals surface area (Å²) in [4.78, 5) is 19.2. The number of carbonyl (C=O) groups is 1. The molecule has 0 saturated heterocycles. The molecule has 0 aliphatic rings. The Morgan fingerprint density at radius 1 is 1.07 bits per heavy atom. The van der Waals surface area contributed by atoms with E-state index >= 15 is 0 Å². The molecule has 0 spiro atoms. The smallest absolute Gasteiger partial charge is 0.253 e. The van der Waals surface area contributed by atoms with Crippen LogP contribution in [0.1, 0.15) is 27.7 Å². The topological polar surface area (TPSA) is 45.2 Å². The molecule has 1 N–H and O–H groups in total. The molecule has 3 rings (SSSR count). The molecule has 0 radical (unpaired) electrons. The molecule has 0 aliphatic heterocycles. The Morgan fingerprint density at radius 3 is 2.46 bits per heavy atom. The number of hydrogen-bond donors (Lipinski definition) is 1. The molecule has 0 fully saturated rings. The van der Waals surface area contributed by atoms with Crippen molar-refractivity contribution in [3.05, 3.63) is 89.4 Å². The van der Waals surface area contributed by atoms with Gasteiger partial charge in [-0.15, -0.1) is 0 Å². The van der Waals surface area contributed by atoms with E-state index in [4.69, 9.17) is 0 Å². The molecule has 0 unspecified atom stereocenters. The van der Waals surface area contributed by atoms with Crippen LogP contribution in [0.3, 0.4) is 0 Å². The third kappa shape index (κ3) is 4.61. The summed E-state index contributed by atoms with van der Waals surface area (Å²) < 4.78 is 13.6. The van der Waals surface area contributed by atoms with Gasteiger partial charge in [-0.05, 0) is 50.8 Å². The van der Waals surface area contributed by atoms with Gasteiger partial charge in [0.2, 0.25) is 0 Å². The minimum Gasteiger partial charge on any atom is -0.350 e. The molecule has 0 aliphatic carbocycles. The van der Waals surface area contributed by atoms with Crippen molar-refractivity contribution in [2.45, 2.75) is 13.0 Å². The summed E-state index contributed by atoms with van der Waals surface area (Å²) in [6.45, 7) is 2.20. The van der Waals surface area contributed by atoms with Crippen molar-refractivity contribution < 1.29 is 9.18 Å². The molecule has 1 heterocycles. The predicted molar refractivity (Wildman–Crippen MR) is 110 cm³/mol. The highest BCUT2D eigenvalue weighted by molar-refractivity contribution is 5.95. The van der Waals surface area contributed by atoms with Crippen molar-refractivity contribution in [2.75, 3.05) is 20.6 Å². The molecule has 5 heteroatoms. The SMILES string of the molecule is Cc1nc(-c2ccccc2)ccc1C(=O)NC[C@H](c1cccc(F)c1)N(C)C. The van der Waals surface area contributed by atoms with E-state index in [2.05, 4.69) is 10.3 Å². The molecule has 1 amide bonds. The zero-order valence-corrected chi connectivity index (χ0v) is 16.3. The zero-order valence-electron chi connectivity index (χ0n) is 16.3. The molecule has 1 aromatic heterocycles. The van der Waals surface area contributed by atoms with Gasteiger partial charge in [0.1, 0.15) is 5.82 Å². The third-order valence-electron chi connectivity index (χ3n) is 4.71. The molecule has 28 heavy (non-hydrogen) atoms. The Labute approximate surface area is 165 Å². The number of pyridine rings is 1. The largest absolute Gasteiger partial charge is 0.350 e. The summed E-state index contributed by atoms with van der Waals surface area (Å²) in [7, 11) is 3.81. The van der Waals surface area contributed by atoms with E-state index in [0.717, 1.165) is 16.8 Å². The number of rotatable bonds is 6. The number of halogens is 1. The number of nitrogens with one attached hydrogen (secondary N) is 1. The highest BCUT2D eigenvalue weighted by Gasteiger charge is 2.18. The summed E-state index contributed by atoms with van der Waals surface area (Å²) in [5, 5.41) is 2.96. The monoisotopic (exact) mass is 377 g/mol. The van der Waals surface area contributed by atoms with Gasteiger partial charge in [0.05, 0.1) is 23.0 Å². The third-order valence-corrected chi connectivity index (χ3v) is 4.71. The van der Waals surface area contributed by atoms with E-state index in [0.29, 0.717) is 17.8 Å². The second-order valence-corrected chi connectivity index (χ2v) is 6.94. The number of hydrogen-bond acceptors (Lipinski definition) is 3. The molecule has 4 nitrogen and oxygen atoms in total. The second kappa shape index (κ2) is 8.76. The first-order valence-corrected chi connectivity index (χ1v) is 9.19. The van der Waals surface area contributed by atoms with E-state index in [-0.39, 0.29) is 17.8 Å². The quantitative estimate of drug-likeness (QED) is 0.699. The van der Waals surface area contributed by atoms with Gasteiger partial charge < -0.3 is 10.2 Å². The fourth-order valence-corrected chi connectivity index (χ4v) is 3.17. The van der Waals surface area contributed by atoms with Crippen molar-refractivity contribution >= 4 is 5.91 Å². The van der Waals surface area contributed by atoms with Crippen LogP contribution in [0.5, 0.6) is 0 Å². The number of benzene rings is 2. The summed E-state index contributed by atoms with van der Waals surface area (Å²) in [6, 6.07) is 19.8. The lowest BCUT2D eigenvalue weighted by Gasteiger charge is -2.25. The number of aryl methyl sites for hydroxylation is 1. The number of carbonyl (C=O) groups excluding carboxylic acids is 1. The summed E-state index contributed by atoms with van der Waals surface area (Å²) >= 11 is 0. The molecule has 0 saturated carbocycles. The maximum absolute atomic E-state index is 13.6. The summed E-state index contributed by atoms with van der Waals surface area (Å²) in [5.41, 5.74) is 3.87. The van der Waals surface area contributed by atoms with Crippen LogP contribution in [0.15, 0.2) is 66.7 Å². The van der Waals surface area contributed by atoms with E-state index < -0.39 is 0 Å². The van der Waals surface area contributed by atoms with Gasteiger partial charge in [-0.25, -0.2) is 4.39 Å². The van der Waals surface area contributed by atoms with E-state index in [1.54, 1.807) is 12.1 Å². The predicted octanol–water partition coefficient (Wildman–Crippen LogP) is 4.23. The molecular weight excluding hydrogens is 353 g/mol. The van der Waals surface area contributed by atoms with E-state index in [1.165, 1.54) is 12.1 Å². The Kier molecular flexibility index (Phi) is 6.16. The highest BCUT2D eigenvalue weighted by Crippen LogP contribution is 2.20. The average Bonchev–Trinajstić information content (AvgIpc) is 2.68. The maximum Gasteiger partial charge on any atom is 0.253 e. The lowest BCUT2D eigenvalue weighted by atomic mass is 10.1. The molecule has 1 atom stereocenters. The Hall–Kier alpha value is -3.05. The Bertz CT molecular complexity index is 957. The standard InChI is InChI=1S/C23H24FN3O/c1-16-20(12-13-21(26-16)17-8-5-4-6-9-17)23(28)25-15-22(27(2)3)18-10-7-11-19(24)14-18/h4-14,22H,15H2,1-3H3,(H,25,28)/t22-/m1/s1. The van der Waals surface area contributed by atoms with Crippen molar-refractivity contribution in [1.82, 2.24) is 15.2 Å². The normalized spacial score (nSPS) is 12.0. The van der Waals surface area contributed by atoms with Gasteiger partial charge >= 0.3 is 0 Å². The Morgan fingerprint density at radius 2 is 1.82 bits per heavy atom. The van der Waals surface area contributed by atoms with Gasteiger partial charge in [-0.1, -0.05) is 42.5 Å². The summed E-state index contributed by atoms with van der Waals surface area (Å²) in [6.07, 6.45) is 0. The first-order valence-electron chi connectivity index (χ1n) is 9.19. The first-order chi connectivity index (χ1) is 13.5. The minimum atomic E-state index is -0.285. The summed E-state index contributed by atoms with van der Waals surface area (Å²) in [5.74, 6) is -0.472. The van der Waals surface area contributed by atoms with Gasteiger partial charge in [0.15, 0.2) is 0 Å².